The zero-order valence-electron chi connectivity index (χ0n) is 7.67. The molecule has 0 N–H and O–H groups in total. The standard InChI is InChI=1S/C8H6BF3N.K/c10-9(11,12)8-3-1-2-7(6-8)4-5-13;/h1-3,6H,4H2;/q-1;+1. The topological polar surface area (TPSA) is 23.8 Å². The molecule has 0 bridgehead atoms. The molecule has 0 heterocycles. The van der Waals surface area contributed by atoms with Gasteiger partial charge < -0.3 is 12.9 Å². The Bertz CT molecular complexity index is 345. The molecule has 0 aliphatic carbocycles. The van der Waals surface area contributed by atoms with Crippen molar-refractivity contribution in [3.8, 4) is 6.07 Å². The van der Waals surface area contributed by atoms with E-state index < -0.39 is 12.4 Å². The van der Waals surface area contributed by atoms with Gasteiger partial charge in [-0.2, -0.15) is 5.26 Å². The second-order valence-corrected chi connectivity index (χ2v) is 2.65. The third-order valence-electron chi connectivity index (χ3n) is 1.61. The van der Waals surface area contributed by atoms with Gasteiger partial charge >= 0.3 is 58.4 Å². The Kier molecular flexibility index (Phi) is 6.02. The summed E-state index contributed by atoms with van der Waals surface area (Å²) >= 11 is 0. The number of nitriles is 1. The van der Waals surface area contributed by atoms with E-state index in [1.807, 2.05) is 0 Å². The summed E-state index contributed by atoms with van der Waals surface area (Å²) in [5, 5.41) is 8.29. The van der Waals surface area contributed by atoms with E-state index in [-0.39, 0.29) is 57.8 Å². The first-order chi connectivity index (χ1) is 6.04. The Balaban J connectivity index is 0.00000169. The van der Waals surface area contributed by atoms with E-state index in [0.717, 1.165) is 12.1 Å². The summed E-state index contributed by atoms with van der Waals surface area (Å²) in [6, 6.07) is 6.66. The summed E-state index contributed by atoms with van der Waals surface area (Å²) in [6.45, 7) is -4.95. The predicted molar refractivity (Wildman–Crippen MR) is 44.5 cm³/mol. The zero-order chi connectivity index (χ0) is 9.90. The van der Waals surface area contributed by atoms with E-state index in [2.05, 4.69) is 0 Å². The van der Waals surface area contributed by atoms with Crippen LogP contribution in [0.4, 0.5) is 12.9 Å². The number of hydrogen-bond acceptors (Lipinski definition) is 1. The summed E-state index contributed by atoms with van der Waals surface area (Å²) < 4.78 is 36.6. The molecule has 14 heavy (non-hydrogen) atoms. The molecule has 0 saturated heterocycles. The molecule has 0 aliphatic heterocycles. The first-order valence-corrected chi connectivity index (χ1v) is 3.70. The van der Waals surface area contributed by atoms with Crippen LogP contribution in [0.25, 0.3) is 0 Å². The van der Waals surface area contributed by atoms with E-state index in [0.29, 0.717) is 5.56 Å². The summed E-state index contributed by atoms with van der Waals surface area (Å²) in [4.78, 5) is 0. The second kappa shape index (κ2) is 5.93. The van der Waals surface area contributed by atoms with Crippen molar-refractivity contribution in [1.29, 1.82) is 5.26 Å². The first-order valence-electron chi connectivity index (χ1n) is 3.70. The average Bonchev–Trinajstić information content (AvgIpc) is 2.04. The molecule has 1 aromatic carbocycles. The van der Waals surface area contributed by atoms with Crippen LogP contribution in [0.5, 0.6) is 0 Å². The van der Waals surface area contributed by atoms with Gasteiger partial charge in [0, 0.05) is 0 Å². The van der Waals surface area contributed by atoms with E-state index in [1.54, 1.807) is 6.07 Å². The smallest absolute Gasteiger partial charge is 0.445 e. The maximum Gasteiger partial charge on any atom is 1.00 e. The quantitative estimate of drug-likeness (QED) is 0.578. The minimum Gasteiger partial charge on any atom is -0.445 e. The molecule has 0 aromatic heterocycles. The Hall–Kier alpha value is 0.201. The average molecular weight is 223 g/mol. The van der Waals surface area contributed by atoms with E-state index in [1.165, 1.54) is 12.1 Å². The summed E-state index contributed by atoms with van der Waals surface area (Å²) in [7, 11) is 0. The van der Waals surface area contributed by atoms with Crippen molar-refractivity contribution in [2.75, 3.05) is 0 Å². The molecule has 0 atom stereocenters. The second-order valence-electron chi connectivity index (χ2n) is 2.65. The van der Waals surface area contributed by atoms with E-state index in [4.69, 9.17) is 5.26 Å². The Morgan fingerprint density at radius 1 is 1.29 bits per heavy atom. The minimum absolute atomic E-state index is 0. The van der Waals surface area contributed by atoms with Gasteiger partial charge in [-0.15, -0.1) is 5.46 Å². The maximum atomic E-state index is 12.2. The fraction of sp³-hybridized carbons (Fsp3) is 0.125. The van der Waals surface area contributed by atoms with Crippen LogP contribution in [0.3, 0.4) is 0 Å². The zero-order valence-corrected chi connectivity index (χ0v) is 10.8. The van der Waals surface area contributed by atoms with Crippen molar-refractivity contribution in [3.63, 3.8) is 0 Å². The fourth-order valence-corrected chi connectivity index (χ4v) is 0.998. The maximum absolute atomic E-state index is 12.2. The van der Waals surface area contributed by atoms with Gasteiger partial charge in [0.1, 0.15) is 0 Å². The number of nitrogens with zero attached hydrogens (tertiary/aromatic N) is 1. The predicted octanol–water partition coefficient (Wildman–Crippen LogP) is -1.19. The SMILES string of the molecule is N#CCc1cccc([B-](F)(F)F)c1.[K+]. The number of rotatable bonds is 2. The van der Waals surface area contributed by atoms with E-state index >= 15 is 0 Å². The molecular formula is C8H6BF3KN. The Morgan fingerprint density at radius 3 is 2.43 bits per heavy atom. The monoisotopic (exact) mass is 223 g/mol. The normalized spacial score (nSPS) is 10.1. The van der Waals surface area contributed by atoms with Crippen LogP contribution in [0.1, 0.15) is 5.56 Å². The van der Waals surface area contributed by atoms with Gasteiger partial charge in [0.25, 0.3) is 0 Å². The van der Waals surface area contributed by atoms with Crippen LogP contribution in [0, 0.1) is 11.3 Å². The van der Waals surface area contributed by atoms with Crippen molar-refractivity contribution < 1.29 is 64.3 Å². The van der Waals surface area contributed by atoms with Crippen molar-refractivity contribution in [1.82, 2.24) is 0 Å². The molecule has 0 spiro atoms. The minimum atomic E-state index is -4.95. The van der Waals surface area contributed by atoms with Crippen LogP contribution in [0.2, 0.25) is 0 Å². The Morgan fingerprint density at radius 2 is 1.93 bits per heavy atom. The molecule has 6 heteroatoms. The van der Waals surface area contributed by atoms with Gasteiger partial charge in [0.05, 0.1) is 12.5 Å². The van der Waals surface area contributed by atoms with Crippen LogP contribution < -0.4 is 56.8 Å². The molecule has 0 amide bonds. The fourth-order valence-electron chi connectivity index (χ4n) is 0.998. The number of hydrogen-bond donors (Lipinski definition) is 0. The third kappa shape index (κ3) is 4.15. The van der Waals surface area contributed by atoms with Crippen LogP contribution in [-0.2, 0) is 6.42 Å². The largest absolute Gasteiger partial charge is 1.00 e. The number of halogens is 3. The van der Waals surface area contributed by atoms with Crippen molar-refractivity contribution in [3.05, 3.63) is 29.8 Å². The molecule has 68 valence electrons. The van der Waals surface area contributed by atoms with Gasteiger partial charge in [-0.3, -0.25) is 0 Å². The molecule has 0 aliphatic rings. The summed E-state index contributed by atoms with van der Waals surface area (Å²) in [5.41, 5.74) is -0.244. The van der Waals surface area contributed by atoms with Crippen LogP contribution in [0.15, 0.2) is 24.3 Å². The number of benzene rings is 1. The summed E-state index contributed by atoms with van der Waals surface area (Å²) in [5.74, 6) is 0. The van der Waals surface area contributed by atoms with E-state index in [9.17, 15) is 12.9 Å². The molecule has 1 rings (SSSR count). The molecule has 0 unspecified atom stereocenters. The molecule has 0 saturated carbocycles. The molecular weight excluding hydrogens is 217 g/mol. The molecule has 0 fully saturated rings. The van der Waals surface area contributed by atoms with Gasteiger partial charge in [0.15, 0.2) is 0 Å². The summed E-state index contributed by atoms with van der Waals surface area (Å²) in [6.07, 6.45) is 0.0139. The van der Waals surface area contributed by atoms with Gasteiger partial charge in [-0.05, 0) is 5.56 Å². The van der Waals surface area contributed by atoms with Crippen LogP contribution in [-0.4, -0.2) is 6.98 Å². The first kappa shape index (κ1) is 14.2. The molecule has 0 radical (unpaired) electrons. The van der Waals surface area contributed by atoms with Gasteiger partial charge in [-0.25, -0.2) is 0 Å². The molecule has 1 aromatic rings. The van der Waals surface area contributed by atoms with Crippen molar-refractivity contribution >= 4 is 12.4 Å². The van der Waals surface area contributed by atoms with Gasteiger partial charge in [-0.1, -0.05) is 24.3 Å². The van der Waals surface area contributed by atoms with Gasteiger partial charge in [0.2, 0.25) is 0 Å². The van der Waals surface area contributed by atoms with Crippen LogP contribution >= 0.6 is 0 Å². The van der Waals surface area contributed by atoms with Crippen molar-refractivity contribution in [2.45, 2.75) is 6.42 Å². The third-order valence-corrected chi connectivity index (χ3v) is 1.61. The molecule has 1 nitrogen and oxygen atoms in total. The Labute approximate surface area is 123 Å². The van der Waals surface area contributed by atoms with Crippen molar-refractivity contribution in [2.24, 2.45) is 0 Å².